The molecule has 3 rings (SSSR count). The summed E-state index contributed by atoms with van der Waals surface area (Å²) in [6.07, 6.45) is 2.09. The van der Waals surface area contributed by atoms with Gasteiger partial charge in [-0.05, 0) is 18.4 Å². The maximum atomic E-state index is 12.6. The molecule has 2 aliphatic heterocycles. The van der Waals surface area contributed by atoms with E-state index >= 15 is 0 Å². The van der Waals surface area contributed by atoms with Gasteiger partial charge < -0.3 is 14.9 Å². The number of likely N-dealkylation sites (tertiary alicyclic amines) is 2. The summed E-state index contributed by atoms with van der Waals surface area (Å²) in [7, 11) is 0. The van der Waals surface area contributed by atoms with Crippen LogP contribution in [0.1, 0.15) is 24.8 Å². The second-order valence-electron chi connectivity index (χ2n) is 6.17. The van der Waals surface area contributed by atoms with E-state index in [9.17, 15) is 14.7 Å². The van der Waals surface area contributed by atoms with E-state index in [0.717, 1.165) is 18.4 Å². The van der Waals surface area contributed by atoms with Gasteiger partial charge >= 0.3 is 0 Å². The van der Waals surface area contributed by atoms with E-state index in [4.69, 9.17) is 0 Å². The SMILES string of the molecule is O=C1CC(C(=O)N2CCC[C@@H]2CO)CN1Cc1ccccc1. The molecule has 2 amide bonds. The third-order valence-electron chi connectivity index (χ3n) is 4.65. The van der Waals surface area contributed by atoms with Gasteiger partial charge in [0, 0.05) is 26.1 Å². The molecule has 1 unspecified atom stereocenters. The van der Waals surface area contributed by atoms with Gasteiger partial charge in [0.25, 0.3) is 0 Å². The van der Waals surface area contributed by atoms with Gasteiger partial charge in [0.15, 0.2) is 0 Å². The molecule has 5 heteroatoms. The topological polar surface area (TPSA) is 60.9 Å². The van der Waals surface area contributed by atoms with Crippen LogP contribution in [-0.4, -0.2) is 52.5 Å². The highest BCUT2D eigenvalue weighted by molar-refractivity contribution is 5.89. The lowest BCUT2D eigenvalue weighted by Crippen LogP contribution is -2.42. The molecule has 22 heavy (non-hydrogen) atoms. The molecule has 0 saturated carbocycles. The fraction of sp³-hybridized carbons (Fsp3) is 0.529. The average molecular weight is 302 g/mol. The number of hydrogen-bond acceptors (Lipinski definition) is 3. The number of nitrogens with zero attached hydrogens (tertiary/aromatic N) is 2. The smallest absolute Gasteiger partial charge is 0.228 e. The predicted molar refractivity (Wildman–Crippen MR) is 81.8 cm³/mol. The highest BCUT2D eigenvalue weighted by Gasteiger charge is 2.39. The van der Waals surface area contributed by atoms with E-state index in [1.165, 1.54) is 0 Å². The van der Waals surface area contributed by atoms with Crippen LogP contribution in [0, 0.1) is 5.92 Å². The lowest BCUT2D eigenvalue weighted by atomic mass is 10.1. The van der Waals surface area contributed by atoms with E-state index in [0.29, 0.717) is 26.1 Å². The second-order valence-corrected chi connectivity index (χ2v) is 6.17. The van der Waals surface area contributed by atoms with Crippen molar-refractivity contribution in [1.82, 2.24) is 9.80 Å². The fourth-order valence-corrected chi connectivity index (χ4v) is 3.44. The molecule has 1 N–H and O–H groups in total. The van der Waals surface area contributed by atoms with E-state index in [1.807, 2.05) is 30.3 Å². The summed E-state index contributed by atoms with van der Waals surface area (Å²) >= 11 is 0. The molecular formula is C17H22N2O3. The van der Waals surface area contributed by atoms with E-state index in [2.05, 4.69) is 0 Å². The molecule has 2 heterocycles. The summed E-state index contributed by atoms with van der Waals surface area (Å²) < 4.78 is 0. The number of amides is 2. The van der Waals surface area contributed by atoms with Gasteiger partial charge in [-0.1, -0.05) is 30.3 Å². The molecular weight excluding hydrogens is 280 g/mol. The molecule has 0 bridgehead atoms. The zero-order valence-electron chi connectivity index (χ0n) is 12.6. The highest BCUT2D eigenvalue weighted by atomic mass is 16.3. The minimum absolute atomic E-state index is 0.0140. The van der Waals surface area contributed by atoms with Crippen LogP contribution in [0.15, 0.2) is 30.3 Å². The van der Waals surface area contributed by atoms with Crippen LogP contribution in [0.2, 0.25) is 0 Å². The number of rotatable bonds is 4. The minimum Gasteiger partial charge on any atom is -0.394 e. The van der Waals surface area contributed by atoms with Crippen molar-refractivity contribution in [2.24, 2.45) is 5.92 Å². The number of benzene rings is 1. The van der Waals surface area contributed by atoms with Gasteiger partial charge in [0.2, 0.25) is 11.8 Å². The van der Waals surface area contributed by atoms with Crippen LogP contribution in [-0.2, 0) is 16.1 Å². The van der Waals surface area contributed by atoms with E-state index in [-0.39, 0.29) is 30.4 Å². The zero-order chi connectivity index (χ0) is 15.5. The Balaban J connectivity index is 1.63. The molecule has 0 radical (unpaired) electrons. The van der Waals surface area contributed by atoms with Crippen LogP contribution in [0.5, 0.6) is 0 Å². The third-order valence-corrected chi connectivity index (χ3v) is 4.65. The molecule has 1 aromatic carbocycles. The first-order valence-electron chi connectivity index (χ1n) is 7.92. The zero-order valence-corrected chi connectivity index (χ0v) is 12.6. The van der Waals surface area contributed by atoms with Crippen molar-refractivity contribution >= 4 is 11.8 Å². The van der Waals surface area contributed by atoms with E-state index < -0.39 is 0 Å². The first kappa shape index (κ1) is 15.0. The highest BCUT2D eigenvalue weighted by Crippen LogP contribution is 2.26. The van der Waals surface area contributed by atoms with Crippen molar-refractivity contribution in [3.8, 4) is 0 Å². The van der Waals surface area contributed by atoms with Gasteiger partial charge in [-0.25, -0.2) is 0 Å². The molecule has 2 saturated heterocycles. The van der Waals surface area contributed by atoms with E-state index in [1.54, 1.807) is 9.80 Å². The fourth-order valence-electron chi connectivity index (χ4n) is 3.44. The van der Waals surface area contributed by atoms with Crippen molar-refractivity contribution < 1.29 is 14.7 Å². The molecule has 0 spiro atoms. The molecule has 118 valence electrons. The molecule has 0 aliphatic carbocycles. The Kier molecular flexibility index (Phi) is 4.43. The van der Waals surface area contributed by atoms with Crippen LogP contribution in [0.25, 0.3) is 0 Å². The molecule has 2 fully saturated rings. The number of carbonyl (C=O) groups excluding carboxylic acids is 2. The lowest BCUT2D eigenvalue weighted by Gasteiger charge is -2.26. The Morgan fingerprint density at radius 3 is 2.77 bits per heavy atom. The van der Waals surface area contributed by atoms with Gasteiger partial charge in [0.1, 0.15) is 0 Å². The van der Waals surface area contributed by atoms with Gasteiger partial charge in [-0.2, -0.15) is 0 Å². The average Bonchev–Trinajstić information content (AvgIpc) is 3.15. The first-order chi connectivity index (χ1) is 10.7. The Morgan fingerprint density at radius 1 is 1.27 bits per heavy atom. The number of hydrogen-bond donors (Lipinski definition) is 1. The standard InChI is InChI=1S/C17H22N2O3/c20-12-15-7-4-8-19(15)17(22)14-9-16(21)18(11-14)10-13-5-2-1-3-6-13/h1-3,5-6,14-15,20H,4,7-12H2/t14?,15-/m1/s1. The van der Waals surface area contributed by atoms with Gasteiger partial charge in [-0.15, -0.1) is 0 Å². The molecule has 2 aliphatic rings. The Bertz CT molecular complexity index is 546. The van der Waals surface area contributed by atoms with Crippen molar-refractivity contribution in [2.45, 2.75) is 31.8 Å². The van der Waals surface area contributed by atoms with Crippen LogP contribution in [0.4, 0.5) is 0 Å². The number of aliphatic hydroxyl groups is 1. The first-order valence-corrected chi connectivity index (χ1v) is 7.92. The van der Waals surface area contributed by atoms with Crippen molar-refractivity contribution in [3.05, 3.63) is 35.9 Å². The third kappa shape index (κ3) is 2.99. The molecule has 0 aromatic heterocycles. The normalized spacial score (nSPS) is 25.0. The second kappa shape index (κ2) is 6.48. The van der Waals surface area contributed by atoms with Crippen LogP contribution >= 0.6 is 0 Å². The maximum Gasteiger partial charge on any atom is 0.228 e. The number of carbonyl (C=O) groups is 2. The minimum atomic E-state index is -0.261. The monoisotopic (exact) mass is 302 g/mol. The molecule has 2 atom stereocenters. The quantitative estimate of drug-likeness (QED) is 0.903. The maximum absolute atomic E-state index is 12.6. The number of aliphatic hydroxyl groups excluding tert-OH is 1. The summed E-state index contributed by atoms with van der Waals surface area (Å²) in [6.45, 7) is 1.77. The van der Waals surface area contributed by atoms with Crippen molar-refractivity contribution in [1.29, 1.82) is 0 Å². The van der Waals surface area contributed by atoms with Crippen LogP contribution in [0.3, 0.4) is 0 Å². The Labute approximate surface area is 130 Å². The predicted octanol–water partition coefficient (Wildman–Crippen LogP) is 1.02. The van der Waals surface area contributed by atoms with Crippen molar-refractivity contribution in [2.75, 3.05) is 19.7 Å². The molecule has 1 aromatic rings. The summed E-state index contributed by atoms with van der Waals surface area (Å²) in [5.41, 5.74) is 1.08. The Hall–Kier alpha value is -1.88. The van der Waals surface area contributed by atoms with Gasteiger partial charge in [-0.3, -0.25) is 9.59 Å². The summed E-state index contributed by atoms with van der Waals surface area (Å²) in [5, 5.41) is 9.36. The molecule has 5 nitrogen and oxygen atoms in total. The largest absolute Gasteiger partial charge is 0.394 e. The summed E-state index contributed by atoms with van der Waals surface area (Å²) in [4.78, 5) is 28.3. The van der Waals surface area contributed by atoms with Crippen LogP contribution < -0.4 is 0 Å². The van der Waals surface area contributed by atoms with Crippen molar-refractivity contribution in [3.63, 3.8) is 0 Å². The summed E-state index contributed by atoms with van der Waals surface area (Å²) in [5.74, 6) is -0.189. The van der Waals surface area contributed by atoms with Gasteiger partial charge in [0.05, 0.1) is 18.6 Å². The lowest BCUT2D eigenvalue weighted by molar-refractivity contribution is -0.137. The summed E-state index contributed by atoms with van der Waals surface area (Å²) in [6, 6.07) is 9.77. The Morgan fingerprint density at radius 2 is 2.05 bits per heavy atom.